The van der Waals surface area contributed by atoms with Gasteiger partial charge in [0.05, 0.1) is 18.8 Å². The predicted molar refractivity (Wildman–Crippen MR) is 358 cm³/mol. The zero-order valence-corrected chi connectivity index (χ0v) is 52.5. The molecule has 0 aromatic rings. The molecule has 4 nitrogen and oxygen atoms in total. The summed E-state index contributed by atoms with van der Waals surface area (Å²) in [7, 11) is 0. The van der Waals surface area contributed by atoms with Crippen molar-refractivity contribution in [3.05, 3.63) is 146 Å². The monoisotopic (exact) mass is 1100 g/mol. The highest BCUT2D eigenvalue weighted by atomic mass is 16.3. The van der Waals surface area contributed by atoms with Crippen LogP contribution in [-0.2, 0) is 4.79 Å². The summed E-state index contributed by atoms with van der Waals surface area (Å²) >= 11 is 0. The van der Waals surface area contributed by atoms with Gasteiger partial charge < -0.3 is 15.5 Å². The molecule has 2 atom stereocenters. The second-order valence-corrected chi connectivity index (χ2v) is 22.5. The van der Waals surface area contributed by atoms with Gasteiger partial charge in [-0.2, -0.15) is 0 Å². The van der Waals surface area contributed by atoms with Crippen LogP contribution in [0, 0.1) is 0 Å². The molecule has 0 saturated carbocycles. The van der Waals surface area contributed by atoms with Crippen LogP contribution >= 0.6 is 0 Å². The van der Waals surface area contributed by atoms with E-state index in [4.69, 9.17) is 0 Å². The van der Waals surface area contributed by atoms with Gasteiger partial charge in [-0.1, -0.05) is 339 Å². The average molecular weight is 1100 g/mol. The molecule has 1 amide bonds. The van der Waals surface area contributed by atoms with E-state index in [1.807, 2.05) is 6.08 Å². The quantitative estimate of drug-likeness (QED) is 0.0420. The number of aliphatic hydroxyl groups is 2. The lowest BCUT2D eigenvalue weighted by Gasteiger charge is -2.19. The maximum atomic E-state index is 12.5. The maximum absolute atomic E-state index is 12.5. The molecule has 0 fully saturated rings. The zero-order valence-electron chi connectivity index (χ0n) is 52.5. The van der Waals surface area contributed by atoms with E-state index in [1.165, 1.54) is 180 Å². The summed E-state index contributed by atoms with van der Waals surface area (Å²) in [6.45, 7) is 4.19. The molecule has 0 aromatic heterocycles. The Bertz CT molecular complexity index is 1630. The van der Waals surface area contributed by atoms with Gasteiger partial charge >= 0.3 is 0 Å². The highest BCUT2D eigenvalue weighted by Crippen LogP contribution is 2.17. The summed E-state index contributed by atoms with van der Waals surface area (Å²) in [6, 6.07) is -0.660. The molecule has 80 heavy (non-hydrogen) atoms. The number of carbonyl (C=O) groups is 1. The van der Waals surface area contributed by atoms with Crippen LogP contribution in [-0.4, -0.2) is 34.9 Å². The third-order valence-corrected chi connectivity index (χ3v) is 14.8. The Morgan fingerprint density at radius 3 is 0.875 bits per heavy atom. The van der Waals surface area contributed by atoms with Crippen LogP contribution in [0.5, 0.6) is 0 Å². The van der Waals surface area contributed by atoms with Crippen LogP contribution < -0.4 is 5.32 Å². The molecule has 0 bridgehead atoms. The van der Waals surface area contributed by atoms with Gasteiger partial charge in [-0.05, 0) is 109 Å². The van der Waals surface area contributed by atoms with E-state index in [9.17, 15) is 15.0 Å². The van der Waals surface area contributed by atoms with Crippen LogP contribution in [0.2, 0.25) is 0 Å². The van der Waals surface area contributed by atoms with Crippen molar-refractivity contribution in [2.45, 2.75) is 321 Å². The maximum Gasteiger partial charge on any atom is 0.220 e. The number of allylic oxidation sites excluding steroid dienone is 23. The van der Waals surface area contributed by atoms with E-state index in [2.05, 4.69) is 153 Å². The van der Waals surface area contributed by atoms with Crippen molar-refractivity contribution in [1.29, 1.82) is 0 Å². The predicted octanol–water partition coefficient (Wildman–Crippen LogP) is 23.5. The van der Waals surface area contributed by atoms with Gasteiger partial charge in [0.2, 0.25) is 5.91 Å². The van der Waals surface area contributed by atoms with Crippen molar-refractivity contribution in [1.82, 2.24) is 5.32 Å². The Morgan fingerprint density at radius 2 is 0.562 bits per heavy atom. The Hall–Kier alpha value is -3.73. The van der Waals surface area contributed by atoms with Crippen molar-refractivity contribution in [2.24, 2.45) is 0 Å². The van der Waals surface area contributed by atoms with Gasteiger partial charge in [0.15, 0.2) is 0 Å². The highest BCUT2D eigenvalue weighted by molar-refractivity contribution is 5.76. The van der Waals surface area contributed by atoms with E-state index in [0.29, 0.717) is 6.42 Å². The number of hydrogen-bond donors (Lipinski definition) is 3. The van der Waals surface area contributed by atoms with Crippen molar-refractivity contribution in [2.75, 3.05) is 6.61 Å². The summed E-state index contributed by atoms with van der Waals surface area (Å²) < 4.78 is 0. The van der Waals surface area contributed by atoms with E-state index in [0.717, 1.165) is 109 Å². The van der Waals surface area contributed by atoms with Crippen molar-refractivity contribution in [3.8, 4) is 0 Å². The second kappa shape index (κ2) is 69.5. The number of rotatable bonds is 61. The second-order valence-electron chi connectivity index (χ2n) is 22.5. The van der Waals surface area contributed by atoms with Crippen molar-refractivity contribution in [3.63, 3.8) is 0 Å². The van der Waals surface area contributed by atoms with Gasteiger partial charge in [0.1, 0.15) is 0 Å². The molecular formula is C76H129NO3. The van der Waals surface area contributed by atoms with Gasteiger partial charge in [0, 0.05) is 6.42 Å². The fourth-order valence-corrected chi connectivity index (χ4v) is 9.70. The lowest BCUT2D eigenvalue weighted by molar-refractivity contribution is -0.123. The third kappa shape index (κ3) is 65.1. The SMILES string of the molecule is CC/C=C\C/C=C\C/C=C\C/C=C\C/C=C\C/C=C\C/C=C\C/C=C\C/C=C\C/C=C\CCCCCCCCC(=O)NC(CO)C(O)/C=C/CC/C=C/CCCCCCCCCCCCCCCCCCCCCCCCCCC. The first-order valence-corrected chi connectivity index (χ1v) is 34.0. The molecule has 0 aliphatic rings. The highest BCUT2D eigenvalue weighted by Gasteiger charge is 2.18. The normalized spacial score (nSPS) is 13.7. The van der Waals surface area contributed by atoms with Crippen LogP contribution in [0.3, 0.4) is 0 Å². The first-order valence-electron chi connectivity index (χ1n) is 34.0. The molecule has 0 aromatic carbocycles. The Labute approximate surface area is 497 Å². The standard InChI is InChI=1S/C76H129NO3/c1-3-5-7-9-11-13-15-17-19-21-23-25-27-29-31-33-35-36-37-38-39-40-42-44-46-48-50-52-54-56-58-60-62-64-66-68-70-72-76(80)77-74(73-78)75(79)71-69-67-65-63-61-59-57-55-53-51-49-47-45-43-41-34-32-30-28-26-24-22-20-18-16-14-12-10-8-6-4-2/h5,7,11,13,17,19,23,25,29,31,35-36,38-39,42,44,48,50,54,56,61,63,69,71,74-75,78-79H,3-4,6,8-10,12,14-16,18,20-22,24,26-28,30,32-34,37,40-41,43,45-47,49,51-53,55,57-60,62,64-68,70,72-73H2,1-2H3,(H,77,80)/b7-5-,13-11-,19-17-,25-23-,31-29-,36-35-,39-38-,44-42-,50-48-,56-54-,63-61+,71-69+. The molecule has 0 rings (SSSR count). The number of amides is 1. The summed E-state index contributed by atoms with van der Waals surface area (Å²) in [5, 5.41) is 23.2. The molecule has 3 N–H and O–H groups in total. The van der Waals surface area contributed by atoms with Crippen LogP contribution in [0.4, 0.5) is 0 Å². The van der Waals surface area contributed by atoms with Crippen LogP contribution in [0.25, 0.3) is 0 Å². The van der Waals surface area contributed by atoms with Gasteiger partial charge in [-0.3, -0.25) is 4.79 Å². The number of carbonyl (C=O) groups excluding carboxylic acids is 1. The summed E-state index contributed by atoms with van der Waals surface area (Å²) in [5.41, 5.74) is 0. The number of nitrogens with one attached hydrogen (secondary N) is 1. The minimum atomic E-state index is -0.881. The summed E-state index contributed by atoms with van der Waals surface area (Å²) in [5.74, 6) is -0.0916. The van der Waals surface area contributed by atoms with E-state index in [-0.39, 0.29) is 12.5 Å². The van der Waals surface area contributed by atoms with Gasteiger partial charge in [0.25, 0.3) is 0 Å². The lowest BCUT2D eigenvalue weighted by Crippen LogP contribution is -2.45. The molecule has 0 aliphatic heterocycles. The summed E-state index contributed by atoms with van der Waals surface area (Å²) in [6.07, 6.45) is 109. The average Bonchev–Trinajstić information content (AvgIpc) is 3.46. The van der Waals surface area contributed by atoms with Crippen LogP contribution in [0.15, 0.2) is 146 Å². The first-order chi connectivity index (χ1) is 39.7. The zero-order chi connectivity index (χ0) is 57.6. The fourth-order valence-electron chi connectivity index (χ4n) is 9.70. The molecule has 0 saturated heterocycles. The van der Waals surface area contributed by atoms with E-state index >= 15 is 0 Å². The first kappa shape index (κ1) is 76.3. The van der Waals surface area contributed by atoms with Crippen molar-refractivity contribution >= 4 is 5.91 Å². The molecule has 0 spiro atoms. The number of unbranched alkanes of at least 4 members (excludes halogenated alkanes) is 32. The lowest BCUT2D eigenvalue weighted by atomic mass is 10.0. The molecule has 456 valence electrons. The van der Waals surface area contributed by atoms with Crippen molar-refractivity contribution < 1.29 is 15.0 Å². The minimum absolute atomic E-state index is 0.0916. The third-order valence-electron chi connectivity index (χ3n) is 14.8. The topological polar surface area (TPSA) is 69.6 Å². The number of hydrogen-bond acceptors (Lipinski definition) is 3. The van der Waals surface area contributed by atoms with E-state index < -0.39 is 12.1 Å². The van der Waals surface area contributed by atoms with Crippen LogP contribution in [0.1, 0.15) is 309 Å². The Morgan fingerprint density at radius 1 is 0.312 bits per heavy atom. The molecule has 4 heteroatoms. The molecule has 0 radical (unpaired) electrons. The molecule has 0 heterocycles. The number of aliphatic hydroxyl groups excluding tert-OH is 2. The van der Waals surface area contributed by atoms with E-state index in [1.54, 1.807) is 6.08 Å². The van der Waals surface area contributed by atoms with Gasteiger partial charge in [-0.25, -0.2) is 0 Å². The molecular weight excluding hydrogens is 975 g/mol. The fraction of sp³-hybridized carbons (Fsp3) is 0.671. The van der Waals surface area contributed by atoms with Gasteiger partial charge in [-0.15, -0.1) is 0 Å². The summed E-state index contributed by atoms with van der Waals surface area (Å²) in [4.78, 5) is 12.5. The molecule has 2 unspecified atom stereocenters. The minimum Gasteiger partial charge on any atom is -0.394 e. The smallest absolute Gasteiger partial charge is 0.220 e. The molecule has 0 aliphatic carbocycles. The largest absolute Gasteiger partial charge is 0.394 e. The Balaban J connectivity index is 3.62. The Kier molecular flexibility index (Phi) is 66.3.